The van der Waals surface area contributed by atoms with Crippen LogP contribution in [0.3, 0.4) is 0 Å². The maximum atomic E-state index is 12.3. The van der Waals surface area contributed by atoms with Gasteiger partial charge in [0.1, 0.15) is 5.54 Å². The van der Waals surface area contributed by atoms with Crippen LogP contribution in [0, 0.1) is 0 Å². The number of benzene rings is 1. The molecule has 0 bridgehead atoms. The van der Waals surface area contributed by atoms with Gasteiger partial charge >= 0.3 is 11.9 Å². The van der Waals surface area contributed by atoms with E-state index in [9.17, 15) is 14.7 Å². The first-order valence-corrected chi connectivity index (χ1v) is 9.91. The molecule has 2 heterocycles. The van der Waals surface area contributed by atoms with Crippen LogP contribution >= 0.6 is 22.9 Å². The Labute approximate surface area is 172 Å². The van der Waals surface area contributed by atoms with Crippen LogP contribution in [-0.4, -0.2) is 28.5 Å². The van der Waals surface area contributed by atoms with Gasteiger partial charge in [0.05, 0.1) is 0 Å². The molecule has 1 aliphatic heterocycles. The number of nitrogens with zero attached hydrogens (tertiary/aromatic N) is 1. The van der Waals surface area contributed by atoms with E-state index in [1.807, 2.05) is 4.90 Å². The van der Waals surface area contributed by atoms with Crippen LogP contribution in [0.4, 0.5) is 0 Å². The lowest BCUT2D eigenvalue weighted by Crippen LogP contribution is -2.51. The molecule has 0 aliphatic carbocycles. The Kier molecular flexibility index (Phi) is 6.03. The molecule has 2 aromatic rings. The van der Waals surface area contributed by atoms with Gasteiger partial charge in [-0.1, -0.05) is 48.5 Å². The summed E-state index contributed by atoms with van der Waals surface area (Å²) in [4.78, 5) is 27.0. The van der Waals surface area contributed by atoms with Gasteiger partial charge in [-0.25, -0.2) is 9.59 Å². The monoisotopic (exact) mass is 417 g/mol. The van der Waals surface area contributed by atoms with Gasteiger partial charge in [-0.3, -0.25) is 4.90 Å². The number of esters is 1. The predicted octanol–water partition coefficient (Wildman–Crippen LogP) is 4.41. The van der Waals surface area contributed by atoms with Crippen molar-refractivity contribution in [1.29, 1.82) is 0 Å². The molecule has 0 spiro atoms. The topological polar surface area (TPSA) is 66.8 Å². The van der Waals surface area contributed by atoms with Crippen molar-refractivity contribution in [2.45, 2.75) is 25.4 Å². The Morgan fingerprint density at radius 1 is 1.39 bits per heavy atom. The summed E-state index contributed by atoms with van der Waals surface area (Å²) in [7, 11) is 0. The largest absolute Gasteiger partial charge is 0.480 e. The van der Waals surface area contributed by atoms with Gasteiger partial charge in [-0.15, -0.1) is 11.3 Å². The maximum Gasteiger partial charge on any atom is 0.336 e. The van der Waals surface area contributed by atoms with Crippen molar-refractivity contribution < 1.29 is 19.4 Å². The van der Waals surface area contributed by atoms with Crippen LogP contribution in [0.5, 0.6) is 5.06 Å². The molecular formula is C21H20ClNO4S. The normalized spacial score (nSPS) is 16.4. The molecule has 3 rings (SSSR count). The molecule has 1 N–H and O–H groups in total. The van der Waals surface area contributed by atoms with Gasteiger partial charge in [0.15, 0.2) is 5.06 Å². The molecule has 1 aromatic carbocycles. The smallest absolute Gasteiger partial charge is 0.336 e. The average molecular weight is 418 g/mol. The van der Waals surface area contributed by atoms with E-state index >= 15 is 0 Å². The fourth-order valence-electron chi connectivity index (χ4n) is 3.29. The SMILES string of the molecule is C=CC=CC(=O)Oc1cc2c(s1)CCN(C(C)(C(=O)O)c1ccccc1Cl)C2. The first-order chi connectivity index (χ1) is 13.4. The number of carboxylic acids is 1. The van der Waals surface area contributed by atoms with Gasteiger partial charge in [-0.2, -0.15) is 0 Å². The lowest BCUT2D eigenvalue weighted by Gasteiger charge is -2.40. The summed E-state index contributed by atoms with van der Waals surface area (Å²) >= 11 is 7.73. The number of ether oxygens (including phenoxy) is 1. The van der Waals surface area contributed by atoms with Crippen LogP contribution < -0.4 is 4.74 Å². The third kappa shape index (κ3) is 3.90. The minimum Gasteiger partial charge on any atom is -0.480 e. The summed E-state index contributed by atoms with van der Waals surface area (Å²) in [6, 6.07) is 8.82. The molecule has 146 valence electrons. The number of allylic oxidation sites excluding steroid dienone is 2. The molecular weight excluding hydrogens is 398 g/mol. The third-order valence-electron chi connectivity index (χ3n) is 4.86. The highest BCUT2D eigenvalue weighted by molar-refractivity contribution is 7.14. The average Bonchev–Trinajstić information content (AvgIpc) is 3.07. The molecule has 1 aliphatic rings. The minimum atomic E-state index is -1.26. The molecule has 0 radical (unpaired) electrons. The van der Waals surface area contributed by atoms with E-state index in [1.165, 1.54) is 29.6 Å². The van der Waals surface area contributed by atoms with E-state index in [4.69, 9.17) is 16.3 Å². The van der Waals surface area contributed by atoms with Gasteiger partial charge < -0.3 is 9.84 Å². The Morgan fingerprint density at radius 3 is 2.82 bits per heavy atom. The van der Waals surface area contributed by atoms with Gasteiger partial charge in [0, 0.05) is 34.6 Å². The second-order valence-corrected chi connectivity index (χ2v) is 8.07. The van der Waals surface area contributed by atoms with Crippen molar-refractivity contribution in [2.24, 2.45) is 0 Å². The zero-order valence-electron chi connectivity index (χ0n) is 15.4. The highest BCUT2D eigenvalue weighted by atomic mass is 35.5. The van der Waals surface area contributed by atoms with Crippen LogP contribution in [-0.2, 0) is 28.1 Å². The Bertz CT molecular complexity index is 952. The van der Waals surface area contributed by atoms with E-state index in [1.54, 1.807) is 37.3 Å². The summed E-state index contributed by atoms with van der Waals surface area (Å²) in [6.07, 6.45) is 4.99. The number of rotatable bonds is 6. The molecule has 1 unspecified atom stereocenters. The van der Waals surface area contributed by atoms with Crippen LogP contribution in [0.2, 0.25) is 5.02 Å². The quantitative estimate of drug-likeness (QED) is 0.428. The molecule has 1 atom stereocenters. The minimum absolute atomic E-state index is 0.423. The number of hydrogen-bond donors (Lipinski definition) is 1. The van der Waals surface area contributed by atoms with E-state index in [2.05, 4.69) is 6.58 Å². The van der Waals surface area contributed by atoms with Gasteiger partial charge in [-0.05, 0) is 31.0 Å². The van der Waals surface area contributed by atoms with Crippen molar-refractivity contribution in [3.63, 3.8) is 0 Å². The number of carbonyl (C=O) groups excluding carboxylic acids is 1. The van der Waals surface area contributed by atoms with Crippen LogP contribution in [0.1, 0.15) is 22.9 Å². The highest BCUT2D eigenvalue weighted by Crippen LogP contribution is 2.40. The zero-order valence-corrected chi connectivity index (χ0v) is 16.9. The summed E-state index contributed by atoms with van der Waals surface area (Å²) in [5.41, 5.74) is 0.261. The van der Waals surface area contributed by atoms with Crippen molar-refractivity contribution >= 4 is 34.9 Å². The van der Waals surface area contributed by atoms with Crippen LogP contribution in [0.25, 0.3) is 0 Å². The van der Waals surface area contributed by atoms with E-state index in [-0.39, 0.29) is 0 Å². The number of hydrogen-bond acceptors (Lipinski definition) is 5. The fraction of sp³-hybridized carbons (Fsp3) is 0.238. The maximum absolute atomic E-state index is 12.3. The molecule has 0 saturated heterocycles. The number of carboxylic acid groups (broad SMARTS) is 1. The number of aliphatic carboxylic acids is 1. The Morgan fingerprint density at radius 2 is 2.14 bits per heavy atom. The molecule has 0 fully saturated rings. The summed E-state index contributed by atoms with van der Waals surface area (Å²) in [5.74, 6) is -1.43. The van der Waals surface area contributed by atoms with Crippen molar-refractivity contribution in [3.8, 4) is 5.06 Å². The van der Waals surface area contributed by atoms with E-state index in [0.717, 1.165) is 10.4 Å². The number of halogens is 1. The van der Waals surface area contributed by atoms with Gasteiger partial charge in [0.25, 0.3) is 0 Å². The Balaban J connectivity index is 1.86. The van der Waals surface area contributed by atoms with Crippen LogP contribution in [0.15, 0.2) is 55.1 Å². The first kappa shape index (κ1) is 20.3. The van der Waals surface area contributed by atoms with Crippen molar-refractivity contribution in [2.75, 3.05) is 6.54 Å². The predicted molar refractivity (Wildman–Crippen MR) is 110 cm³/mol. The third-order valence-corrected chi connectivity index (χ3v) is 6.31. The molecule has 5 nitrogen and oxygen atoms in total. The zero-order chi connectivity index (χ0) is 20.3. The van der Waals surface area contributed by atoms with E-state index in [0.29, 0.717) is 35.2 Å². The summed E-state index contributed by atoms with van der Waals surface area (Å²) < 4.78 is 5.33. The van der Waals surface area contributed by atoms with Gasteiger partial charge in [0.2, 0.25) is 0 Å². The lowest BCUT2D eigenvalue weighted by molar-refractivity contribution is -0.152. The highest BCUT2D eigenvalue weighted by Gasteiger charge is 2.44. The summed E-state index contributed by atoms with van der Waals surface area (Å²) in [6.45, 7) is 6.18. The molecule has 0 saturated carbocycles. The second-order valence-electron chi connectivity index (χ2n) is 6.56. The molecule has 28 heavy (non-hydrogen) atoms. The second kappa shape index (κ2) is 8.31. The molecule has 1 aromatic heterocycles. The molecule has 0 amide bonds. The van der Waals surface area contributed by atoms with Crippen molar-refractivity contribution in [3.05, 3.63) is 76.2 Å². The van der Waals surface area contributed by atoms with E-state index < -0.39 is 17.5 Å². The first-order valence-electron chi connectivity index (χ1n) is 8.72. The standard InChI is InChI=1S/C21H20ClNO4S/c1-3-4-9-18(24)27-19-12-14-13-23(11-10-17(14)28-19)21(2,20(25)26)15-7-5-6-8-16(15)22/h3-9,12H,1,10-11,13H2,2H3,(H,25,26). The lowest BCUT2D eigenvalue weighted by atomic mass is 9.88. The number of fused-ring (bicyclic) bond motifs is 1. The Hall–Kier alpha value is -2.41. The summed E-state index contributed by atoms with van der Waals surface area (Å²) in [5, 5.41) is 11.0. The van der Waals surface area contributed by atoms with Crippen molar-refractivity contribution in [1.82, 2.24) is 4.90 Å². The molecule has 7 heteroatoms. The fourth-order valence-corrected chi connectivity index (χ4v) is 4.63. The number of carbonyl (C=O) groups is 2. The number of thiophene rings is 1.